The molecule has 0 aliphatic heterocycles. The molecule has 0 unspecified atom stereocenters. The summed E-state index contributed by atoms with van der Waals surface area (Å²) in [5, 5.41) is 15.1. The van der Waals surface area contributed by atoms with Crippen LogP contribution in [0, 0.1) is 0 Å². The summed E-state index contributed by atoms with van der Waals surface area (Å²) < 4.78 is 7.56. The number of nitrogens with zero attached hydrogens (tertiary/aromatic N) is 6. The van der Waals surface area contributed by atoms with Crippen LogP contribution in [0.3, 0.4) is 0 Å². The van der Waals surface area contributed by atoms with E-state index < -0.39 is 0 Å². The van der Waals surface area contributed by atoms with Crippen LogP contribution in [0.1, 0.15) is 39.4 Å². The fraction of sp³-hybridized carbons (Fsp3) is 0.269. The number of aromatic nitrogens is 6. The SMILES string of the molecule is CCn1c(SCc2noc(C(C)(C)C)n2)nnc1-c1cc(-c2ccccc2)nc2ccccc12. The Kier molecular flexibility index (Phi) is 5.91. The molecular weight excluding hydrogens is 444 g/mol. The van der Waals surface area contributed by atoms with Crippen molar-refractivity contribution in [1.82, 2.24) is 29.9 Å². The van der Waals surface area contributed by atoms with Gasteiger partial charge in [-0.15, -0.1) is 10.2 Å². The van der Waals surface area contributed by atoms with Gasteiger partial charge in [-0.2, -0.15) is 4.98 Å². The van der Waals surface area contributed by atoms with Gasteiger partial charge in [-0.1, -0.05) is 86.2 Å². The molecule has 3 aromatic heterocycles. The summed E-state index contributed by atoms with van der Waals surface area (Å²) in [6.45, 7) is 9.01. The largest absolute Gasteiger partial charge is 0.339 e. The minimum Gasteiger partial charge on any atom is -0.339 e. The molecule has 5 aromatic rings. The zero-order valence-corrected chi connectivity index (χ0v) is 20.5. The summed E-state index contributed by atoms with van der Waals surface area (Å²) in [5.74, 6) is 2.67. The number of thioether (sulfide) groups is 1. The molecule has 0 saturated carbocycles. The lowest BCUT2D eigenvalue weighted by Crippen LogP contribution is -2.11. The highest BCUT2D eigenvalue weighted by Crippen LogP contribution is 2.33. The van der Waals surface area contributed by atoms with Gasteiger partial charge in [-0.05, 0) is 19.1 Å². The number of pyridine rings is 1. The normalized spacial score (nSPS) is 11.9. The maximum atomic E-state index is 5.43. The van der Waals surface area contributed by atoms with Crippen LogP contribution in [0.15, 0.2) is 70.3 Å². The van der Waals surface area contributed by atoms with E-state index in [1.165, 1.54) is 0 Å². The lowest BCUT2D eigenvalue weighted by Gasteiger charge is -2.11. The van der Waals surface area contributed by atoms with Gasteiger partial charge in [0.05, 0.1) is 17.0 Å². The van der Waals surface area contributed by atoms with Gasteiger partial charge in [0, 0.05) is 28.5 Å². The highest BCUT2D eigenvalue weighted by atomic mass is 32.2. The number of fused-ring (bicyclic) bond motifs is 1. The second kappa shape index (κ2) is 9.02. The average Bonchev–Trinajstić information content (AvgIpc) is 3.49. The van der Waals surface area contributed by atoms with Crippen molar-refractivity contribution in [2.24, 2.45) is 0 Å². The van der Waals surface area contributed by atoms with Crippen LogP contribution >= 0.6 is 11.8 Å². The second-order valence-electron chi connectivity index (χ2n) is 9.04. The maximum Gasteiger partial charge on any atom is 0.232 e. The van der Waals surface area contributed by atoms with E-state index in [4.69, 9.17) is 9.51 Å². The van der Waals surface area contributed by atoms with Crippen LogP contribution in [0.4, 0.5) is 0 Å². The van der Waals surface area contributed by atoms with Crippen LogP contribution in [0.25, 0.3) is 33.5 Å². The topological polar surface area (TPSA) is 82.5 Å². The molecule has 3 heterocycles. The molecule has 8 heteroatoms. The molecule has 0 aliphatic rings. The van der Waals surface area contributed by atoms with Crippen molar-refractivity contribution in [2.75, 3.05) is 0 Å². The third-order valence-corrected chi connectivity index (χ3v) is 6.46. The highest BCUT2D eigenvalue weighted by molar-refractivity contribution is 7.98. The number of para-hydroxylation sites is 1. The first-order valence-electron chi connectivity index (χ1n) is 11.3. The Hall–Kier alpha value is -3.52. The van der Waals surface area contributed by atoms with Gasteiger partial charge in [-0.3, -0.25) is 0 Å². The summed E-state index contributed by atoms with van der Waals surface area (Å²) in [6.07, 6.45) is 0. The van der Waals surface area contributed by atoms with Crippen LogP contribution in [0.2, 0.25) is 0 Å². The van der Waals surface area contributed by atoms with E-state index in [0.29, 0.717) is 17.5 Å². The number of hydrogen-bond acceptors (Lipinski definition) is 7. The number of hydrogen-bond donors (Lipinski definition) is 0. The quantitative estimate of drug-likeness (QED) is 0.275. The summed E-state index contributed by atoms with van der Waals surface area (Å²) in [4.78, 5) is 9.44. The Labute approximate surface area is 202 Å². The van der Waals surface area contributed by atoms with Gasteiger partial charge < -0.3 is 9.09 Å². The van der Waals surface area contributed by atoms with E-state index >= 15 is 0 Å². The van der Waals surface area contributed by atoms with Gasteiger partial charge in [0.2, 0.25) is 5.89 Å². The van der Waals surface area contributed by atoms with E-state index in [-0.39, 0.29) is 5.41 Å². The standard InChI is InChI=1S/C26H26N6OS/c1-5-32-23(29-30-25(32)34-16-22-28-24(33-31-22)26(2,3)4)19-15-21(17-11-7-6-8-12-17)27-20-14-10-9-13-18(19)20/h6-15H,5,16H2,1-4H3. The van der Waals surface area contributed by atoms with Crippen molar-refractivity contribution in [1.29, 1.82) is 0 Å². The number of benzene rings is 2. The van der Waals surface area contributed by atoms with Crippen LogP contribution in [-0.2, 0) is 17.7 Å². The van der Waals surface area contributed by atoms with Gasteiger partial charge >= 0.3 is 0 Å². The van der Waals surface area contributed by atoms with Crippen LogP contribution < -0.4 is 0 Å². The first-order chi connectivity index (χ1) is 16.4. The average molecular weight is 471 g/mol. The van der Waals surface area contributed by atoms with Gasteiger partial charge in [0.1, 0.15) is 0 Å². The fourth-order valence-electron chi connectivity index (χ4n) is 3.74. The molecule has 2 aromatic carbocycles. The Morgan fingerprint density at radius 1 is 0.941 bits per heavy atom. The summed E-state index contributed by atoms with van der Waals surface area (Å²) >= 11 is 1.56. The van der Waals surface area contributed by atoms with E-state index in [2.05, 4.69) is 76.9 Å². The molecule has 0 atom stereocenters. The molecule has 0 fully saturated rings. The van der Waals surface area contributed by atoms with E-state index in [1.807, 2.05) is 36.4 Å². The Balaban J connectivity index is 1.52. The predicted octanol–water partition coefficient (Wildman–Crippen LogP) is 6.15. The summed E-state index contributed by atoms with van der Waals surface area (Å²) in [7, 11) is 0. The zero-order chi connectivity index (χ0) is 23.7. The predicted molar refractivity (Wildman–Crippen MR) is 134 cm³/mol. The minimum atomic E-state index is -0.175. The van der Waals surface area contributed by atoms with Crippen LogP contribution in [0.5, 0.6) is 0 Å². The maximum absolute atomic E-state index is 5.43. The molecule has 0 spiro atoms. The molecule has 0 aliphatic carbocycles. The van der Waals surface area contributed by atoms with Crippen molar-refractivity contribution in [3.63, 3.8) is 0 Å². The molecule has 172 valence electrons. The number of rotatable bonds is 6. The van der Waals surface area contributed by atoms with Gasteiger partial charge in [0.15, 0.2) is 16.8 Å². The van der Waals surface area contributed by atoms with Gasteiger partial charge in [0.25, 0.3) is 0 Å². The monoisotopic (exact) mass is 470 g/mol. The highest BCUT2D eigenvalue weighted by Gasteiger charge is 2.23. The second-order valence-corrected chi connectivity index (χ2v) is 9.99. The Morgan fingerprint density at radius 2 is 1.71 bits per heavy atom. The molecule has 34 heavy (non-hydrogen) atoms. The van der Waals surface area contributed by atoms with Crippen molar-refractivity contribution >= 4 is 22.7 Å². The van der Waals surface area contributed by atoms with Gasteiger partial charge in [-0.25, -0.2) is 4.98 Å². The first-order valence-corrected chi connectivity index (χ1v) is 12.3. The summed E-state index contributed by atoms with van der Waals surface area (Å²) in [6, 6.07) is 20.5. The van der Waals surface area contributed by atoms with Crippen molar-refractivity contribution in [2.45, 2.75) is 50.6 Å². The molecule has 5 rings (SSSR count). The van der Waals surface area contributed by atoms with E-state index in [0.717, 1.165) is 45.2 Å². The Morgan fingerprint density at radius 3 is 2.44 bits per heavy atom. The molecule has 0 bridgehead atoms. The lowest BCUT2D eigenvalue weighted by molar-refractivity contribution is 0.319. The Bertz CT molecular complexity index is 1430. The third kappa shape index (κ3) is 4.33. The lowest BCUT2D eigenvalue weighted by atomic mass is 9.97. The molecule has 7 nitrogen and oxygen atoms in total. The van der Waals surface area contributed by atoms with Crippen molar-refractivity contribution in [3.05, 3.63) is 72.4 Å². The first kappa shape index (κ1) is 22.3. The molecule has 0 amide bonds. The zero-order valence-electron chi connectivity index (χ0n) is 19.7. The smallest absolute Gasteiger partial charge is 0.232 e. The third-order valence-electron chi connectivity index (χ3n) is 5.50. The molecule has 0 N–H and O–H groups in total. The van der Waals surface area contributed by atoms with Crippen molar-refractivity contribution in [3.8, 4) is 22.6 Å². The van der Waals surface area contributed by atoms with Crippen molar-refractivity contribution < 1.29 is 4.52 Å². The van der Waals surface area contributed by atoms with E-state index in [1.54, 1.807) is 11.8 Å². The van der Waals surface area contributed by atoms with E-state index in [9.17, 15) is 0 Å². The molecular formula is C26H26N6OS. The minimum absolute atomic E-state index is 0.175. The molecule has 0 radical (unpaired) electrons. The molecule has 0 saturated heterocycles. The fourth-order valence-corrected chi connectivity index (χ4v) is 4.59. The van der Waals surface area contributed by atoms with Crippen LogP contribution in [-0.4, -0.2) is 29.9 Å². The summed E-state index contributed by atoms with van der Waals surface area (Å²) in [5.41, 5.74) is 3.75.